The molecular formula is C10H15ClN2OS. The van der Waals surface area contributed by atoms with E-state index in [0.717, 1.165) is 24.1 Å². The minimum absolute atomic E-state index is 0. The zero-order chi connectivity index (χ0) is 10.1. The fourth-order valence-corrected chi connectivity index (χ4v) is 2.54. The van der Waals surface area contributed by atoms with Crippen molar-refractivity contribution >= 4 is 29.7 Å². The maximum absolute atomic E-state index is 12.0. The molecule has 0 spiro atoms. The molecule has 0 saturated carbocycles. The smallest absolute Gasteiger partial charge is 0.255 e. The van der Waals surface area contributed by atoms with Gasteiger partial charge in [0.1, 0.15) is 0 Å². The minimum atomic E-state index is 0. The largest absolute Gasteiger partial charge is 0.337 e. The third-order valence-electron chi connectivity index (χ3n) is 2.60. The number of likely N-dealkylation sites (tertiary alicyclic amines) is 1. The van der Waals surface area contributed by atoms with Gasteiger partial charge in [-0.2, -0.15) is 11.3 Å². The zero-order valence-corrected chi connectivity index (χ0v) is 10.2. The highest BCUT2D eigenvalue weighted by molar-refractivity contribution is 7.08. The fourth-order valence-electron chi connectivity index (χ4n) is 1.72. The van der Waals surface area contributed by atoms with Crippen LogP contribution in [0, 0.1) is 6.92 Å². The molecule has 1 saturated heterocycles. The Balaban J connectivity index is 0.00000112. The summed E-state index contributed by atoms with van der Waals surface area (Å²) in [5.41, 5.74) is 7.67. The normalized spacial score (nSPS) is 20.1. The lowest BCUT2D eigenvalue weighted by molar-refractivity contribution is 0.0791. The SMILES string of the molecule is Cc1cscc1C(=O)N1CC[C@H](N)C1.Cl. The molecule has 2 N–H and O–H groups in total. The van der Waals surface area contributed by atoms with Gasteiger partial charge >= 0.3 is 0 Å². The van der Waals surface area contributed by atoms with E-state index in [1.165, 1.54) is 0 Å². The van der Waals surface area contributed by atoms with Crippen molar-refractivity contribution in [2.75, 3.05) is 13.1 Å². The second-order valence-corrected chi connectivity index (χ2v) is 4.51. The standard InChI is InChI=1S/C10H14N2OS.ClH/c1-7-5-14-6-9(7)10(13)12-3-2-8(11)4-12;/h5-6,8H,2-4,11H2,1H3;1H/t8-;/m0./s1. The lowest BCUT2D eigenvalue weighted by Crippen LogP contribution is -2.31. The van der Waals surface area contributed by atoms with Crippen molar-refractivity contribution < 1.29 is 4.79 Å². The number of rotatable bonds is 1. The number of nitrogens with zero attached hydrogens (tertiary/aromatic N) is 1. The van der Waals surface area contributed by atoms with Gasteiger partial charge in [0.15, 0.2) is 0 Å². The Labute approximate surface area is 99.7 Å². The number of aryl methyl sites for hydroxylation is 1. The molecule has 1 atom stereocenters. The summed E-state index contributed by atoms with van der Waals surface area (Å²) < 4.78 is 0. The molecule has 0 aliphatic carbocycles. The average molecular weight is 247 g/mol. The molecule has 1 aliphatic heterocycles. The lowest BCUT2D eigenvalue weighted by atomic mass is 10.2. The van der Waals surface area contributed by atoms with E-state index in [-0.39, 0.29) is 24.4 Å². The predicted molar refractivity (Wildman–Crippen MR) is 64.8 cm³/mol. The number of hydrogen-bond donors (Lipinski definition) is 1. The highest BCUT2D eigenvalue weighted by Gasteiger charge is 2.25. The van der Waals surface area contributed by atoms with Crippen LogP contribution in [0.3, 0.4) is 0 Å². The Hall–Kier alpha value is -0.580. The molecule has 1 aromatic rings. The first-order valence-corrected chi connectivity index (χ1v) is 5.70. The number of carbonyl (C=O) groups is 1. The van der Waals surface area contributed by atoms with Crippen LogP contribution in [0.15, 0.2) is 10.8 Å². The zero-order valence-electron chi connectivity index (χ0n) is 8.60. The Morgan fingerprint density at radius 1 is 1.60 bits per heavy atom. The fraction of sp³-hybridized carbons (Fsp3) is 0.500. The number of carbonyl (C=O) groups excluding carboxylic acids is 1. The molecule has 15 heavy (non-hydrogen) atoms. The van der Waals surface area contributed by atoms with Gasteiger partial charge < -0.3 is 10.6 Å². The molecule has 0 aromatic carbocycles. The molecule has 2 heterocycles. The molecule has 5 heteroatoms. The molecule has 84 valence electrons. The van der Waals surface area contributed by atoms with Crippen molar-refractivity contribution in [2.24, 2.45) is 5.73 Å². The van der Waals surface area contributed by atoms with Crippen molar-refractivity contribution in [3.05, 3.63) is 21.9 Å². The molecular weight excluding hydrogens is 232 g/mol. The summed E-state index contributed by atoms with van der Waals surface area (Å²) in [6.45, 7) is 3.48. The maximum Gasteiger partial charge on any atom is 0.255 e. The molecule has 1 aliphatic rings. The summed E-state index contributed by atoms with van der Waals surface area (Å²) in [6, 6.07) is 0.165. The van der Waals surface area contributed by atoms with Crippen LogP contribution in [0.1, 0.15) is 22.3 Å². The van der Waals surface area contributed by atoms with Gasteiger partial charge in [-0.25, -0.2) is 0 Å². The van der Waals surface area contributed by atoms with Gasteiger partial charge in [0.05, 0.1) is 5.56 Å². The van der Waals surface area contributed by atoms with Crippen LogP contribution in [0.25, 0.3) is 0 Å². The second-order valence-electron chi connectivity index (χ2n) is 3.77. The third kappa shape index (κ3) is 2.51. The van der Waals surface area contributed by atoms with Crippen molar-refractivity contribution in [3.8, 4) is 0 Å². The van der Waals surface area contributed by atoms with E-state index >= 15 is 0 Å². The summed E-state index contributed by atoms with van der Waals surface area (Å²) >= 11 is 1.58. The highest BCUT2D eigenvalue weighted by atomic mass is 35.5. The molecule has 1 fully saturated rings. The number of hydrogen-bond acceptors (Lipinski definition) is 3. The highest BCUT2D eigenvalue weighted by Crippen LogP contribution is 2.18. The first kappa shape index (κ1) is 12.5. The van der Waals surface area contributed by atoms with E-state index < -0.39 is 0 Å². The van der Waals surface area contributed by atoms with Gasteiger partial charge in [-0.1, -0.05) is 0 Å². The van der Waals surface area contributed by atoms with Crippen LogP contribution >= 0.6 is 23.7 Å². The number of nitrogens with two attached hydrogens (primary N) is 1. The van der Waals surface area contributed by atoms with E-state index in [4.69, 9.17) is 5.73 Å². The van der Waals surface area contributed by atoms with Gasteiger partial charge in [0, 0.05) is 24.5 Å². The number of amides is 1. The number of halogens is 1. The molecule has 0 bridgehead atoms. The average Bonchev–Trinajstić information content (AvgIpc) is 2.73. The molecule has 0 radical (unpaired) electrons. The van der Waals surface area contributed by atoms with Gasteiger partial charge in [-0.05, 0) is 24.3 Å². The maximum atomic E-state index is 12.0. The quantitative estimate of drug-likeness (QED) is 0.819. The molecule has 0 unspecified atom stereocenters. The van der Waals surface area contributed by atoms with Gasteiger partial charge in [0.25, 0.3) is 5.91 Å². The Kier molecular flexibility index (Phi) is 4.13. The van der Waals surface area contributed by atoms with Crippen LogP contribution < -0.4 is 5.73 Å². The van der Waals surface area contributed by atoms with Crippen LogP contribution in [-0.2, 0) is 0 Å². The van der Waals surface area contributed by atoms with E-state index in [1.54, 1.807) is 11.3 Å². The second kappa shape index (κ2) is 4.96. The van der Waals surface area contributed by atoms with Crippen LogP contribution in [0.5, 0.6) is 0 Å². The van der Waals surface area contributed by atoms with E-state index in [9.17, 15) is 4.79 Å². The minimum Gasteiger partial charge on any atom is -0.337 e. The Morgan fingerprint density at radius 3 is 2.80 bits per heavy atom. The van der Waals surface area contributed by atoms with Crippen molar-refractivity contribution in [2.45, 2.75) is 19.4 Å². The van der Waals surface area contributed by atoms with E-state index in [0.29, 0.717) is 6.54 Å². The Morgan fingerprint density at radius 2 is 2.33 bits per heavy atom. The summed E-state index contributed by atoms with van der Waals surface area (Å²) in [5.74, 6) is 0.136. The van der Waals surface area contributed by atoms with Gasteiger partial charge in [-0.3, -0.25) is 4.79 Å². The van der Waals surface area contributed by atoms with Gasteiger partial charge in [0.2, 0.25) is 0 Å². The predicted octanol–water partition coefficient (Wildman–Crippen LogP) is 1.65. The van der Waals surface area contributed by atoms with Gasteiger partial charge in [-0.15, -0.1) is 12.4 Å². The Bertz CT molecular complexity index is 353. The van der Waals surface area contributed by atoms with Crippen LogP contribution in [0.4, 0.5) is 0 Å². The first-order valence-electron chi connectivity index (χ1n) is 4.76. The van der Waals surface area contributed by atoms with Crippen molar-refractivity contribution in [1.82, 2.24) is 4.90 Å². The molecule has 1 amide bonds. The monoisotopic (exact) mass is 246 g/mol. The van der Waals surface area contributed by atoms with E-state index in [1.807, 2.05) is 22.6 Å². The summed E-state index contributed by atoms with van der Waals surface area (Å²) in [7, 11) is 0. The lowest BCUT2D eigenvalue weighted by Gasteiger charge is -2.15. The third-order valence-corrected chi connectivity index (χ3v) is 3.46. The topological polar surface area (TPSA) is 46.3 Å². The molecule has 3 nitrogen and oxygen atoms in total. The molecule has 2 rings (SSSR count). The van der Waals surface area contributed by atoms with Crippen LogP contribution in [-0.4, -0.2) is 29.9 Å². The first-order chi connectivity index (χ1) is 6.68. The summed E-state index contributed by atoms with van der Waals surface area (Å²) in [4.78, 5) is 13.8. The van der Waals surface area contributed by atoms with E-state index in [2.05, 4.69) is 0 Å². The van der Waals surface area contributed by atoms with Crippen molar-refractivity contribution in [3.63, 3.8) is 0 Å². The molecule has 1 aromatic heterocycles. The van der Waals surface area contributed by atoms with Crippen LogP contribution in [0.2, 0.25) is 0 Å². The van der Waals surface area contributed by atoms with Crippen molar-refractivity contribution in [1.29, 1.82) is 0 Å². The number of thiophene rings is 1. The summed E-state index contributed by atoms with van der Waals surface area (Å²) in [5, 5.41) is 3.92. The summed E-state index contributed by atoms with van der Waals surface area (Å²) in [6.07, 6.45) is 0.926.